The number of alkyl halides is 3. The first-order chi connectivity index (χ1) is 17.2. The highest BCUT2D eigenvalue weighted by Crippen LogP contribution is 2.59. The normalized spacial score (nSPS) is 23.9. The zero-order valence-corrected chi connectivity index (χ0v) is 21.3. The molecule has 5 nitrogen and oxygen atoms in total. The molecule has 1 saturated heterocycles. The number of carbonyl (C=O) groups excluding carboxylic acids is 1. The molecule has 198 valence electrons. The molecular formula is C26H24ClF5N2O3. The van der Waals surface area contributed by atoms with Gasteiger partial charge in [0.2, 0.25) is 5.82 Å². The Morgan fingerprint density at radius 1 is 1.16 bits per heavy atom. The van der Waals surface area contributed by atoms with E-state index in [1.807, 2.05) is 0 Å². The van der Waals surface area contributed by atoms with E-state index in [1.165, 1.54) is 36.1 Å². The van der Waals surface area contributed by atoms with Gasteiger partial charge >= 0.3 is 6.18 Å². The van der Waals surface area contributed by atoms with Gasteiger partial charge in [-0.3, -0.25) is 4.79 Å². The summed E-state index contributed by atoms with van der Waals surface area (Å²) in [5, 5.41) is 0.561. The second-order valence-corrected chi connectivity index (χ2v) is 9.81. The van der Waals surface area contributed by atoms with Gasteiger partial charge in [-0.05, 0) is 37.3 Å². The van der Waals surface area contributed by atoms with Crippen LogP contribution in [0.2, 0.25) is 5.02 Å². The minimum Gasteiger partial charge on any atom is -0.493 e. The average Bonchev–Trinajstić information content (AvgIpc) is 3.11. The molecule has 2 aromatic carbocycles. The topological polar surface area (TPSA) is 51.7 Å². The largest absolute Gasteiger partial charge is 0.493 e. The van der Waals surface area contributed by atoms with E-state index < -0.39 is 47.1 Å². The summed E-state index contributed by atoms with van der Waals surface area (Å²) in [4.78, 5) is 18.3. The lowest BCUT2D eigenvalue weighted by molar-refractivity contribution is -0.275. The minimum absolute atomic E-state index is 0.0109. The fraction of sp³-hybridized carbons (Fsp3) is 0.385. The van der Waals surface area contributed by atoms with Gasteiger partial charge in [-0.2, -0.15) is 17.6 Å². The van der Waals surface area contributed by atoms with E-state index in [0.717, 1.165) is 20.1 Å². The fourth-order valence-corrected chi connectivity index (χ4v) is 5.07. The van der Waals surface area contributed by atoms with E-state index in [1.54, 1.807) is 20.2 Å². The van der Waals surface area contributed by atoms with Crippen LogP contribution in [0.25, 0.3) is 10.9 Å². The smallest absolute Gasteiger partial charge is 0.417 e. The molecule has 0 aliphatic carbocycles. The quantitative estimate of drug-likeness (QED) is 0.345. The number of methoxy groups -OCH3 is 1. The molecule has 0 spiro atoms. The highest BCUT2D eigenvalue weighted by molar-refractivity contribution is 6.35. The molecule has 0 unspecified atom stereocenters. The van der Waals surface area contributed by atoms with Gasteiger partial charge in [0.15, 0.2) is 17.2 Å². The SMILES string of the molecule is COc1c([C@H]2[C@H](c3cc(Cl)c4cc(C(=O)N(C)C)ccc4n3)O[C@@](C)(C(F)(F)F)[C@H]2C)ccc(F)c1F. The van der Waals surface area contributed by atoms with Crippen LogP contribution < -0.4 is 4.74 Å². The van der Waals surface area contributed by atoms with Gasteiger partial charge in [0.1, 0.15) is 6.10 Å². The first kappa shape index (κ1) is 27.1. The number of hydrogen-bond donors (Lipinski definition) is 0. The Bertz CT molecular complexity index is 1380. The van der Waals surface area contributed by atoms with Crippen LogP contribution in [-0.4, -0.2) is 48.8 Å². The molecule has 4 rings (SSSR count). The average molecular weight is 543 g/mol. The number of nitrogens with zero attached hydrogens (tertiary/aromatic N) is 2. The van der Waals surface area contributed by atoms with Crippen molar-refractivity contribution in [3.63, 3.8) is 0 Å². The number of ether oxygens (including phenoxy) is 2. The van der Waals surface area contributed by atoms with Crippen molar-refractivity contribution in [1.29, 1.82) is 0 Å². The van der Waals surface area contributed by atoms with Crippen molar-refractivity contribution in [3.05, 3.63) is 69.9 Å². The van der Waals surface area contributed by atoms with Gasteiger partial charge in [-0.15, -0.1) is 0 Å². The zero-order valence-electron chi connectivity index (χ0n) is 20.6. The lowest BCUT2D eigenvalue weighted by Crippen LogP contribution is -2.46. The van der Waals surface area contributed by atoms with E-state index in [-0.39, 0.29) is 22.2 Å². The van der Waals surface area contributed by atoms with Gasteiger partial charge in [0.25, 0.3) is 5.91 Å². The third kappa shape index (κ3) is 4.40. The van der Waals surface area contributed by atoms with Crippen LogP contribution in [-0.2, 0) is 4.74 Å². The van der Waals surface area contributed by atoms with Gasteiger partial charge in [-0.25, -0.2) is 9.37 Å². The van der Waals surface area contributed by atoms with Gasteiger partial charge < -0.3 is 14.4 Å². The number of pyridine rings is 1. The lowest BCUT2D eigenvalue weighted by atomic mass is 9.76. The first-order valence-electron chi connectivity index (χ1n) is 11.3. The standard InChI is InChI=1S/C26H24ClF5N2O3/c1-12-20(14-7-8-17(28)21(29)22(14)36-5)23(37-25(12,2)26(30,31)32)19-11-16(27)15-10-13(24(35)34(3)4)6-9-18(15)33-19/h6-12,20,23H,1-5H3/t12-,20-,23-,25+/m0/s1. The Kier molecular flexibility index (Phi) is 6.87. The van der Waals surface area contributed by atoms with Crippen molar-refractivity contribution >= 4 is 28.4 Å². The van der Waals surface area contributed by atoms with Crippen LogP contribution in [0.4, 0.5) is 22.0 Å². The number of amides is 1. The molecule has 11 heteroatoms. The highest BCUT2D eigenvalue weighted by Gasteiger charge is 2.65. The van der Waals surface area contributed by atoms with Gasteiger partial charge in [0.05, 0.1) is 23.3 Å². The fourth-order valence-electron chi connectivity index (χ4n) is 4.81. The van der Waals surface area contributed by atoms with Gasteiger partial charge in [0, 0.05) is 42.4 Å². The van der Waals surface area contributed by atoms with Crippen molar-refractivity contribution < 1.29 is 36.2 Å². The van der Waals surface area contributed by atoms with Crippen molar-refractivity contribution in [2.75, 3.05) is 21.2 Å². The number of halogens is 6. The number of carbonyl (C=O) groups is 1. The van der Waals surface area contributed by atoms with Crippen LogP contribution in [0.15, 0.2) is 36.4 Å². The van der Waals surface area contributed by atoms with Crippen LogP contribution >= 0.6 is 11.6 Å². The number of aromatic nitrogens is 1. The second kappa shape index (κ2) is 9.40. The summed E-state index contributed by atoms with van der Waals surface area (Å²) >= 11 is 6.52. The van der Waals surface area contributed by atoms with Crippen LogP contribution in [0.3, 0.4) is 0 Å². The molecule has 2 heterocycles. The highest BCUT2D eigenvalue weighted by atomic mass is 35.5. The summed E-state index contributed by atoms with van der Waals surface area (Å²) < 4.78 is 82.0. The summed E-state index contributed by atoms with van der Waals surface area (Å²) in [6.45, 7) is 2.25. The molecule has 1 aromatic heterocycles. The van der Waals surface area contributed by atoms with Crippen molar-refractivity contribution in [1.82, 2.24) is 9.88 Å². The summed E-state index contributed by atoms with van der Waals surface area (Å²) in [6, 6.07) is 8.02. The first-order valence-corrected chi connectivity index (χ1v) is 11.7. The van der Waals surface area contributed by atoms with Crippen LogP contribution in [0.5, 0.6) is 5.75 Å². The number of fused-ring (bicyclic) bond motifs is 1. The maximum Gasteiger partial charge on any atom is 0.417 e. The van der Waals surface area contributed by atoms with E-state index in [2.05, 4.69) is 4.98 Å². The molecule has 3 aromatic rings. The van der Waals surface area contributed by atoms with Crippen LogP contribution in [0, 0.1) is 17.6 Å². The van der Waals surface area contributed by atoms with Gasteiger partial charge in [-0.1, -0.05) is 24.6 Å². The number of benzene rings is 2. The summed E-state index contributed by atoms with van der Waals surface area (Å²) in [5.41, 5.74) is -1.87. The molecule has 1 amide bonds. The monoisotopic (exact) mass is 542 g/mol. The minimum atomic E-state index is -4.78. The molecule has 1 fully saturated rings. The Morgan fingerprint density at radius 2 is 1.84 bits per heavy atom. The van der Waals surface area contributed by atoms with Crippen LogP contribution in [0.1, 0.15) is 47.5 Å². The molecule has 1 aliphatic rings. The van der Waals surface area contributed by atoms with E-state index in [9.17, 15) is 26.7 Å². The maximum absolute atomic E-state index is 14.6. The van der Waals surface area contributed by atoms with Crippen molar-refractivity contribution in [2.24, 2.45) is 5.92 Å². The molecule has 4 atom stereocenters. The molecule has 37 heavy (non-hydrogen) atoms. The Labute approximate surface area is 215 Å². The third-order valence-corrected chi connectivity index (χ3v) is 7.35. The number of rotatable bonds is 4. The summed E-state index contributed by atoms with van der Waals surface area (Å²) in [7, 11) is 4.30. The van der Waals surface area contributed by atoms with E-state index >= 15 is 0 Å². The molecular weight excluding hydrogens is 519 g/mol. The second-order valence-electron chi connectivity index (χ2n) is 9.40. The molecule has 0 saturated carbocycles. The van der Waals surface area contributed by atoms with E-state index in [4.69, 9.17) is 21.1 Å². The maximum atomic E-state index is 14.6. The van der Waals surface area contributed by atoms with Crippen molar-refractivity contribution in [2.45, 2.75) is 37.6 Å². The molecule has 0 radical (unpaired) electrons. The Balaban J connectivity index is 1.91. The predicted octanol–water partition coefficient (Wildman–Crippen LogP) is 6.69. The molecule has 0 bridgehead atoms. The van der Waals surface area contributed by atoms with Crippen molar-refractivity contribution in [3.8, 4) is 5.75 Å². The Morgan fingerprint density at radius 3 is 2.43 bits per heavy atom. The number of hydrogen-bond acceptors (Lipinski definition) is 4. The predicted molar refractivity (Wildman–Crippen MR) is 128 cm³/mol. The third-order valence-electron chi connectivity index (χ3n) is 7.03. The Hall–Kier alpha value is -2.98. The summed E-state index contributed by atoms with van der Waals surface area (Å²) in [5.74, 6) is -5.64. The summed E-state index contributed by atoms with van der Waals surface area (Å²) in [6.07, 6.45) is -6.11. The zero-order chi connectivity index (χ0) is 27.4. The van der Waals surface area contributed by atoms with E-state index in [0.29, 0.717) is 16.5 Å². The lowest BCUT2D eigenvalue weighted by Gasteiger charge is -2.32. The molecule has 1 aliphatic heterocycles. The molecule has 0 N–H and O–H groups in total.